The first-order valence-corrected chi connectivity index (χ1v) is 6.05. The Balaban J connectivity index is 1.66. The molecule has 1 aromatic rings. The average molecular weight is 201 g/mol. The zero-order valence-electron chi connectivity index (χ0n) is 9.45. The summed E-state index contributed by atoms with van der Waals surface area (Å²) in [5.74, 6) is 0.918. The molecule has 1 unspecified atom stereocenters. The Labute approximate surface area is 92.1 Å². The molecule has 1 saturated carbocycles. The Morgan fingerprint density at radius 1 is 1.27 bits per heavy atom. The summed E-state index contributed by atoms with van der Waals surface area (Å²) in [7, 11) is 0. The Kier molecular flexibility index (Phi) is 2.10. The van der Waals surface area contributed by atoms with Crippen LogP contribution in [0.5, 0.6) is 0 Å². The predicted molar refractivity (Wildman–Crippen MR) is 62.6 cm³/mol. The van der Waals surface area contributed by atoms with E-state index in [1.807, 2.05) is 0 Å². The monoisotopic (exact) mass is 201 g/mol. The molecule has 0 N–H and O–H groups in total. The summed E-state index contributed by atoms with van der Waals surface area (Å²) >= 11 is 0. The first-order chi connectivity index (χ1) is 7.28. The molecule has 1 aliphatic carbocycles. The van der Waals surface area contributed by atoms with E-state index in [1.165, 1.54) is 31.5 Å². The van der Waals surface area contributed by atoms with Gasteiger partial charge in [-0.05, 0) is 29.7 Å². The van der Waals surface area contributed by atoms with Crippen LogP contribution in [0.4, 0.5) is 0 Å². The van der Waals surface area contributed by atoms with Crippen LogP contribution in [0.2, 0.25) is 0 Å². The van der Waals surface area contributed by atoms with E-state index in [1.54, 1.807) is 0 Å². The minimum Gasteiger partial charge on any atom is -0.298 e. The lowest BCUT2D eigenvalue weighted by molar-refractivity contribution is 0.311. The molecule has 2 aliphatic rings. The maximum atomic E-state index is 2.63. The Morgan fingerprint density at radius 2 is 2.00 bits per heavy atom. The number of benzene rings is 1. The topological polar surface area (TPSA) is 3.24 Å². The van der Waals surface area contributed by atoms with E-state index in [0.29, 0.717) is 0 Å². The summed E-state index contributed by atoms with van der Waals surface area (Å²) in [6.07, 6.45) is 2.94. The SMILES string of the molecule is CC1CN(Cc2ccccc2)CC12CC2. The fourth-order valence-electron chi connectivity index (χ4n) is 3.02. The molecule has 1 saturated heterocycles. The second-order valence-electron chi connectivity index (χ2n) is 5.42. The standard InChI is InChI=1S/C14H19N/c1-12-9-15(11-14(12)7-8-14)10-13-5-3-2-4-6-13/h2-6,12H,7-11H2,1H3. The molecule has 1 atom stereocenters. The highest BCUT2D eigenvalue weighted by molar-refractivity contribution is 5.15. The lowest BCUT2D eigenvalue weighted by Crippen LogP contribution is -2.20. The summed E-state index contributed by atoms with van der Waals surface area (Å²) < 4.78 is 0. The van der Waals surface area contributed by atoms with Crippen LogP contribution in [-0.2, 0) is 6.54 Å². The second-order valence-corrected chi connectivity index (χ2v) is 5.42. The molecule has 15 heavy (non-hydrogen) atoms. The number of likely N-dealkylation sites (tertiary alicyclic amines) is 1. The molecule has 0 amide bonds. The third-order valence-electron chi connectivity index (χ3n) is 4.26. The average Bonchev–Trinajstić information content (AvgIpc) is 2.93. The van der Waals surface area contributed by atoms with E-state index < -0.39 is 0 Å². The predicted octanol–water partition coefficient (Wildman–Crippen LogP) is 2.92. The van der Waals surface area contributed by atoms with Gasteiger partial charge in [0.05, 0.1) is 0 Å². The van der Waals surface area contributed by atoms with E-state index in [9.17, 15) is 0 Å². The van der Waals surface area contributed by atoms with Crippen LogP contribution in [0.1, 0.15) is 25.3 Å². The van der Waals surface area contributed by atoms with E-state index in [2.05, 4.69) is 42.2 Å². The summed E-state index contributed by atoms with van der Waals surface area (Å²) in [6.45, 7) is 6.21. The van der Waals surface area contributed by atoms with Crippen molar-refractivity contribution in [3.63, 3.8) is 0 Å². The molecule has 1 aromatic carbocycles. The lowest BCUT2D eigenvalue weighted by atomic mass is 9.95. The zero-order valence-corrected chi connectivity index (χ0v) is 9.45. The summed E-state index contributed by atoms with van der Waals surface area (Å²) in [5, 5.41) is 0. The van der Waals surface area contributed by atoms with Crippen LogP contribution in [0, 0.1) is 11.3 Å². The molecule has 0 radical (unpaired) electrons. The molecule has 0 bridgehead atoms. The summed E-state index contributed by atoms with van der Waals surface area (Å²) in [6, 6.07) is 10.9. The van der Waals surface area contributed by atoms with Crippen molar-refractivity contribution in [2.75, 3.05) is 13.1 Å². The van der Waals surface area contributed by atoms with Crippen molar-refractivity contribution in [3.05, 3.63) is 35.9 Å². The van der Waals surface area contributed by atoms with Gasteiger partial charge in [-0.15, -0.1) is 0 Å². The van der Waals surface area contributed by atoms with Gasteiger partial charge >= 0.3 is 0 Å². The Bertz CT molecular complexity index is 340. The summed E-state index contributed by atoms with van der Waals surface area (Å²) in [5.41, 5.74) is 2.19. The van der Waals surface area contributed by atoms with Gasteiger partial charge in [-0.2, -0.15) is 0 Å². The molecule has 1 nitrogen and oxygen atoms in total. The highest BCUT2D eigenvalue weighted by Gasteiger charge is 2.52. The molecule has 2 fully saturated rings. The minimum atomic E-state index is 0.731. The van der Waals surface area contributed by atoms with E-state index >= 15 is 0 Å². The van der Waals surface area contributed by atoms with Crippen molar-refractivity contribution in [2.24, 2.45) is 11.3 Å². The normalized spacial score (nSPS) is 28.5. The molecular formula is C14H19N. The molecular weight excluding hydrogens is 182 g/mol. The van der Waals surface area contributed by atoms with Crippen molar-refractivity contribution in [3.8, 4) is 0 Å². The zero-order chi connectivity index (χ0) is 10.3. The third kappa shape index (κ3) is 1.69. The number of hydrogen-bond donors (Lipinski definition) is 0. The maximum absolute atomic E-state index is 2.63. The van der Waals surface area contributed by atoms with Gasteiger partial charge in [0.15, 0.2) is 0 Å². The fourth-order valence-corrected chi connectivity index (χ4v) is 3.02. The quantitative estimate of drug-likeness (QED) is 0.711. The van der Waals surface area contributed by atoms with Crippen molar-refractivity contribution >= 4 is 0 Å². The summed E-state index contributed by atoms with van der Waals surface area (Å²) in [4.78, 5) is 2.63. The largest absolute Gasteiger partial charge is 0.298 e. The third-order valence-corrected chi connectivity index (χ3v) is 4.26. The van der Waals surface area contributed by atoms with Gasteiger partial charge in [0.2, 0.25) is 0 Å². The molecule has 1 heterocycles. The minimum absolute atomic E-state index is 0.731. The van der Waals surface area contributed by atoms with Gasteiger partial charge in [0, 0.05) is 19.6 Å². The van der Waals surface area contributed by atoms with Crippen LogP contribution < -0.4 is 0 Å². The lowest BCUT2D eigenvalue weighted by Gasteiger charge is -2.15. The maximum Gasteiger partial charge on any atom is 0.0234 e. The van der Waals surface area contributed by atoms with Crippen LogP contribution >= 0.6 is 0 Å². The van der Waals surface area contributed by atoms with Crippen molar-refractivity contribution < 1.29 is 0 Å². The molecule has 1 heteroatoms. The van der Waals surface area contributed by atoms with Crippen molar-refractivity contribution in [1.29, 1.82) is 0 Å². The smallest absolute Gasteiger partial charge is 0.0234 e. The first-order valence-electron chi connectivity index (χ1n) is 6.05. The van der Waals surface area contributed by atoms with Crippen molar-refractivity contribution in [1.82, 2.24) is 4.90 Å². The fraction of sp³-hybridized carbons (Fsp3) is 0.571. The highest BCUT2D eigenvalue weighted by Crippen LogP contribution is 2.56. The molecule has 1 aliphatic heterocycles. The van der Waals surface area contributed by atoms with Gasteiger partial charge in [0.1, 0.15) is 0 Å². The number of hydrogen-bond acceptors (Lipinski definition) is 1. The van der Waals surface area contributed by atoms with Crippen LogP contribution in [0.25, 0.3) is 0 Å². The number of rotatable bonds is 2. The Hall–Kier alpha value is -0.820. The molecule has 80 valence electrons. The van der Waals surface area contributed by atoms with E-state index in [-0.39, 0.29) is 0 Å². The highest BCUT2D eigenvalue weighted by atomic mass is 15.2. The van der Waals surface area contributed by atoms with Crippen LogP contribution in [0.3, 0.4) is 0 Å². The Morgan fingerprint density at radius 3 is 2.60 bits per heavy atom. The molecule has 3 rings (SSSR count). The van der Waals surface area contributed by atoms with Gasteiger partial charge < -0.3 is 0 Å². The van der Waals surface area contributed by atoms with Gasteiger partial charge in [-0.3, -0.25) is 4.90 Å². The van der Waals surface area contributed by atoms with Gasteiger partial charge in [-0.1, -0.05) is 37.3 Å². The number of nitrogens with zero attached hydrogens (tertiary/aromatic N) is 1. The van der Waals surface area contributed by atoms with Gasteiger partial charge in [-0.25, -0.2) is 0 Å². The van der Waals surface area contributed by atoms with E-state index in [0.717, 1.165) is 17.9 Å². The van der Waals surface area contributed by atoms with Crippen LogP contribution in [0.15, 0.2) is 30.3 Å². The van der Waals surface area contributed by atoms with Gasteiger partial charge in [0.25, 0.3) is 0 Å². The van der Waals surface area contributed by atoms with Crippen LogP contribution in [-0.4, -0.2) is 18.0 Å². The van der Waals surface area contributed by atoms with Crippen molar-refractivity contribution in [2.45, 2.75) is 26.3 Å². The molecule has 0 aromatic heterocycles. The first kappa shape index (κ1) is 9.41. The second kappa shape index (κ2) is 3.34. The van der Waals surface area contributed by atoms with E-state index in [4.69, 9.17) is 0 Å². The molecule has 1 spiro atoms.